The highest BCUT2D eigenvalue weighted by molar-refractivity contribution is 5.90. The van der Waals surface area contributed by atoms with Crippen molar-refractivity contribution in [1.82, 2.24) is 0 Å². The Hall–Kier alpha value is -1.56. The van der Waals surface area contributed by atoms with Gasteiger partial charge in [0.2, 0.25) is 5.91 Å². The number of hydrogen-bond donors (Lipinski definition) is 2. The summed E-state index contributed by atoms with van der Waals surface area (Å²) in [5, 5.41) is 2.48. The van der Waals surface area contributed by atoms with E-state index in [-0.39, 0.29) is 24.4 Å². The van der Waals surface area contributed by atoms with E-state index < -0.39 is 12.6 Å². The monoisotopic (exact) mass is 246 g/mol. The van der Waals surface area contributed by atoms with Gasteiger partial charge in [-0.1, -0.05) is 12.1 Å². The molecule has 6 heteroatoms. The molecule has 0 spiro atoms. The van der Waals surface area contributed by atoms with Crippen molar-refractivity contribution in [2.45, 2.75) is 19.0 Å². The number of amides is 1. The highest BCUT2D eigenvalue weighted by Crippen LogP contribution is 2.22. The second-order valence-electron chi connectivity index (χ2n) is 3.58. The first-order valence-corrected chi connectivity index (χ1v) is 5.06. The molecule has 0 fully saturated rings. The number of hydrogen-bond acceptors (Lipinski definition) is 2. The Morgan fingerprint density at radius 2 is 2.06 bits per heavy atom. The van der Waals surface area contributed by atoms with Crippen molar-refractivity contribution in [3.05, 3.63) is 29.8 Å². The van der Waals surface area contributed by atoms with Crippen LogP contribution in [0.5, 0.6) is 0 Å². The topological polar surface area (TPSA) is 55.1 Å². The van der Waals surface area contributed by atoms with E-state index in [1.54, 1.807) is 0 Å². The molecule has 0 aliphatic heterocycles. The number of carbonyl (C=O) groups is 1. The fraction of sp³-hybridized carbons (Fsp3) is 0.364. The molecule has 94 valence electrons. The van der Waals surface area contributed by atoms with Crippen molar-refractivity contribution in [3.8, 4) is 0 Å². The summed E-state index contributed by atoms with van der Waals surface area (Å²) < 4.78 is 36.5. The van der Waals surface area contributed by atoms with Gasteiger partial charge in [0.1, 0.15) is 0 Å². The zero-order valence-corrected chi connectivity index (χ0v) is 9.05. The van der Waals surface area contributed by atoms with Crippen LogP contribution in [0.3, 0.4) is 0 Å². The number of rotatable bonds is 4. The van der Waals surface area contributed by atoms with E-state index in [1.807, 2.05) is 0 Å². The third-order valence-corrected chi connectivity index (χ3v) is 1.99. The predicted octanol–water partition coefficient (Wildman–Crippen LogP) is 2.08. The Kier molecular flexibility index (Phi) is 4.51. The van der Waals surface area contributed by atoms with Crippen molar-refractivity contribution in [2.24, 2.45) is 5.73 Å². The minimum Gasteiger partial charge on any atom is -0.330 e. The standard InChI is InChI=1S/C11H13F3N2O/c12-11(13,14)7-8-2-1-3-9(6-8)16-10(17)4-5-15/h1-3,6H,4-5,7,15H2,(H,16,17). The van der Waals surface area contributed by atoms with Crippen LogP contribution in [0.2, 0.25) is 0 Å². The van der Waals surface area contributed by atoms with Gasteiger partial charge in [0, 0.05) is 18.7 Å². The van der Waals surface area contributed by atoms with E-state index in [1.165, 1.54) is 24.3 Å². The van der Waals surface area contributed by atoms with Gasteiger partial charge in [0.15, 0.2) is 0 Å². The molecule has 1 amide bonds. The summed E-state index contributed by atoms with van der Waals surface area (Å²) in [5.41, 5.74) is 5.65. The lowest BCUT2D eigenvalue weighted by Crippen LogP contribution is -2.16. The van der Waals surface area contributed by atoms with Crippen molar-refractivity contribution < 1.29 is 18.0 Å². The molecule has 0 aliphatic carbocycles. The third-order valence-electron chi connectivity index (χ3n) is 1.99. The second kappa shape index (κ2) is 5.67. The summed E-state index contributed by atoms with van der Waals surface area (Å²) in [7, 11) is 0. The van der Waals surface area contributed by atoms with E-state index in [0.717, 1.165) is 0 Å². The summed E-state index contributed by atoms with van der Waals surface area (Å²) in [6.45, 7) is 0.202. The Labute approximate surface area is 96.8 Å². The summed E-state index contributed by atoms with van der Waals surface area (Å²) in [6, 6.07) is 5.68. The molecule has 0 aromatic heterocycles. The Morgan fingerprint density at radius 3 is 2.65 bits per heavy atom. The molecule has 3 nitrogen and oxygen atoms in total. The van der Waals surface area contributed by atoms with E-state index in [2.05, 4.69) is 5.32 Å². The van der Waals surface area contributed by atoms with Crippen LogP contribution in [0.25, 0.3) is 0 Å². The lowest BCUT2D eigenvalue weighted by molar-refractivity contribution is -0.127. The molecule has 0 heterocycles. The molecule has 0 saturated heterocycles. The molecule has 1 rings (SSSR count). The summed E-state index contributed by atoms with van der Waals surface area (Å²) in [4.78, 5) is 11.2. The number of alkyl halides is 3. The third kappa shape index (κ3) is 5.35. The number of anilines is 1. The molecule has 0 bridgehead atoms. The zero-order valence-electron chi connectivity index (χ0n) is 9.05. The largest absolute Gasteiger partial charge is 0.393 e. The Morgan fingerprint density at radius 1 is 1.35 bits per heavy atom. The number of halogens is 3. The highest BCUT2D eigenvalue weighted by Gasteiger charge is 2.27. The van der Waals surface area contributed by atoms with Crippen LogP contribution >= 0.6 is 0 Å². The molecular weight excluding hydrogens is 233 g/mol. The first kappa shape index (κ1) is 13.5. The first-order chi connectivity index (χ1) is 7.90. The summed E-state index contributed by atoms with van der Waals surface area (Å²) >= 11 is 0. The molecule has 0 radical (unpaired) electrons. The summed E-state index contributed by atoms with van der Waals surface area (Å²) in [6.07, 6.45) is -5.11. The van der Waals surface area contributed by atoms with Gasteiger partial charge in [-0.05, 0) is 17.7 Å². The predicted molar refractivity (Wildman–Crippen MR) is 58.5 cm³/mol. The second-order valence-corrected chi connectivity index (χ2v) is 3.58. The molecule has 0 aliphatic rings. The Balaban J connectivity index is 2.69. The van der Waals surface area contributed by atoms with Crippen LogP contribution in [0.15, 0.2) is 24.3 Å². The van der Waals surface area contributed by atoms with E-state index in [9.17, 15) is 18.0 Å². The van der Waals surface area contributed by atoms with E-state index in [0.29, 0.717) is 5.69 Å². The van der Waals surface area contributed by atoms with Crippen molar-refractivity contribution >= 4 is 11.6 Å². The van der Waals surface area contributed by atoms with Gasteiger partial charge in [-0.25, -0.2) is 0 Å². The highest BCUT2D eigenvalue weighted by atomic mass is 19.4. The molecule has 17 heavy (non-hydrogen) atoms. The smallest absolute Gasteiger partial charge is 0.330 e. The molecule has 1 aromatic carbocycles. The maximum absolute atomic E-state index is 12.2. The maximum atomic E-state index is 12.2. The van der Waals surface area contributed by atoms with Gasteiger partial charge < -0.3 is 11.1 Å². The van der Waals surface area contributed by atoms with Crippen LogP contribution in [-0.2, 0) is 11.2 Å². The quantitative estimate of drug-likeness (QED) is 0.854. The van der Waals surface area contributed by atoms with E-state index >= 15 is 0 Å². The maximum Gasteiger partial charge on any atom is 0.393 e. The van der Waals surface area contributed by atoms with Gasteiger partial charge in [-0.3, -0.25) is 4.79 Å². The van der Waals surface area contributed by atoms with Gasteiger partial charge >= 0.3 is 6.18 Å². The SMILES string of the molecule is NCCC(=O)Nc1cccc(CC(F)(F)F)c1. The van der Waals surface area contributed by atoms with Crippen LogP contribution in [-0.4, -0.2) is 18.6 Å². The molecule has 3 N–H and O–H groups in total. The van der Waals surface area contributed by atoms with Gasteiger partial charge in [0.05, 0.1) is 6.42 Å². The number of carbonyl (C=O) groups excluding carboxylic acids is 1. The normalized spacial score (nSPS) is 11.3. The zero-order chi connectivity index (χ0) is 12.9. The number of nitrogens with two attached hydrogens (primary N) is 1. The molecular formula is C11H13F3N2O. The van der Waals surface area contributed by atoms with Gasteiger partial charge in [-0.15, -0.1) is 0 Å². The average molecular weight is 246 g/mol. The van der Waals surface area contributed by atoms with Crippen LogP contribution in [0, 0.1) is 0 Å². The lowest BCUT2D eigenvalue weighted by Gasteiger charge is -2.09. The number of nitrogens with one attached hydrogen (secondary N) is 1. The minimum atomic E-state index is -4.25. The summed E-state index contributed by atoms with van der Waals surface area (Å²) in [5.74, 6) is -0.309. The molecule has 0 unspecified atom stereocenters. The molecule has 0 saturated carbocycles. The first-order valence-electron chi connectivity index (χ1n) is 5.06. The lowest BCUT2D eigenvalue weighted by atomic mass is 10.1. The van der Waals surface area contributed by atoms with Crippen LogP contribution in [0.4, 0.5) is 18.9 Å². The van der Waals surface area contributed by atoms with Crippen molar-refractivity contribution in [1.29, 1.82) is 0 Å². The van der Waals surface area contributed by atoms with Crippen LogP contribution in [0.1, 0.15) is 12.0 Å². The fourth-order valence-electron chi connectivity index (χ4n) is 1.35. The van der Waals surface area contributed by atoms with Crippen molar-refractivity contribution in [2.75, 3.05) is 11.9 Å². The number of benzene rings is 1. The molecule has 0 atom stereocenters. The van der Waals surface area contributed by atoms with E-state index in [4.69, 9.17) is 5.73 Å². The van der Waals surface area contributed by atoms with Crippen molar-refractivity contribution in [3.63, 3.8) is 0 Å². The van der Waals surface area contributed by atoms with Gasteiger partial charge in [0.25, 0.3) is 0 Å². The minimum absolute atomic E-state index is 0.114. The van der Waals surface area contributed by atoms with Gasteiger partial charge in [-0.2, -0.15) is 13.2 Å². The fourth-order valence-corrected chi connectivity index (χ4v) is 1.35. The van der Waals surface area contributed by atoms with Crippen LogP contribution < -0.4 is 11.1 Å². The average Bonchev–Trinajstić information content (AvgIpc) is 2.15. The Bertz CT molecular complexity index is 391. The molecule has 1 aromatic rings.